The topological polar surface area (TPSA) is 78.9 Å². The van der Waals surface area contributed by atoms with Crippen molar-refractivity contribution in [3.8, 4) is 0 Å². The van der Waals surface area contributed by atoms with Crippen LogP contribution in [0.4, 0.5) is 11.8 Å². The summed E-state index contributed by atoms with van der Waals surface area (Å²) in [7, 11) is 0. The minimum Gasteiger partial charge on any atom is -0.369 e. The van der Waals surface area contributed by atoms with Gasteiger partial charge in [-0.05, 0) is 18.9 Å². The largest absolute Gasteiger partial charge is 0.369 e. The fourth-order valence-corrected chi connectivity index (χ4v) is 1.44. The summed E-state index contributed by atoms with van der Waals surface area (Å²) in [5, 5.41) is 9.07. The lowest BCUT2D eigenvalue weighted by Crippen LogP contribution is -2.26. The quantitative estimate of drug-likeness (QED) is 0.632. The van der Waals surface area contributed by atoms with Gasteiger partial charge in [-0.2, -0.15) is 4.98 Å². The predicted octanol–water partition coefficient (Wildman–Crippen LogP) is 1.63. The molecule has 106 valence electrons. The zero-order chi connectivity index (χ0) is 13.9. The van der Waals surface area contributed by atoms with Crippen molar-refractivity contribution in [3.05, 3.63) is 12.3 Å². The number of nitrogens with one attached hydrogen (secondary N) is 3. The Morgan fingerprint density at radius 3 is 2.68 bits per heavy atom. The smallest absolute Gasteiger partial charge is 0.224 e. The fraction of sp³-hybridized carbons (Fsp3) is 0.615. The van der Waals surface area contributed by atoms with Crippen molar-refractivity contribution in [2.45, 2.75) is 33.1 Å². The molecule has 6 nitrogen and oxygen atoms in total. The Hall–Kier alpha value is -1.85. The second kappa shape index (κ2) is 9.13. The van der Waals surface area contributed by atoms with Crippen molar-refractivity contribution < 1.29 is 4.79 Å². The minimum atomic E-state index is 0.0627. The lowest BCUT2D eigenvalue weighted by molar-refractivity contribution is -0.120. The summed E-state index contributed by atoms with van der Waals surface area (Å²) in [6.07, 6.45) is 4.13. The van der Waals surface area contributed by atoms with Gasteiger partial charge in [0.1, 0.15) is 5.82 Å². The standard InChI is InChI=1S/C13H23N5O/c1-3-7-15-12(19)6-10-14-11-5-9-17-13(18-11)16-8-4-2/h5,9H,3-4,6-8,10H2,1-2H3,(H,15,19)(H2,14,16,17,18). The number of anilines is 2. The van der Waals surface area contributed by atoms with E-state index >= 15 is 0 Å². The molecule has 0 bridgehead atoms. The molecule has 0 spiro atoms. The molecule has 6 heteroatoms. The predicted molar refractivity (Wildman–Crippen MR) is 77.2 cm³/mol. The van der Waals surface area contributed by atoms with Crippen molar-refractivity contribution in [1.82, 2.24) is 15.3 Å². The van der Waals surface area contributed by atoms with Crippen LogP contribution in [-0.2, 0) is 4.79 Å². The van der Waals surface area contributed by atoms with Crippen molar-refractivity contribution in [1.29, 1.82) is 0 Å². The first-order valence-electron chi connectivity index (χ1n) is 6.83. The summed E-state index contributed by atoms with van der Waals surface area (Å²) in [4.78, 5) is 19.8. The molecule has 0 aliphatic carbocycles. The van der Waals surface area contributed by atoms with E-state index in [4.69, 9.17) is 0 Å². The van der Waals surface area contributed by atoms with Crippen LogP contribution < -0.4 is 16.0 Å². The zero-order valence-electron chi connectivity index (χ0n) is 11.7. The van der Waals surface area contributed by atoms with Crippen LogP contribution in [0.15, 0.2) is 12.3 Å². The monoisotopic (exact) mass is 265 g/mol. The summed E-state index contributed by atoms with van der Waals surface area (Å²) >= 11 is 0. The molecule has 1 rings (SSSR count). The van der Waals surface area contributed by atoms with Crippen LogP contribution in [0.2, 0.25) is 0 Å². The van der Waals surface area contributed by atoms with E-state index in [0.29, 0.717) is 18.9 Å². The average molecular weight is 265 g/mol. The number of amides is 1. The maximum absolute atomic E-state index is 11.4. The third-order valence-electron chi connectivity index (χ3n) is 2.42. The SMILES string of the molecule is CCCNC(=O)CCNc1ccnc(NCCC)n1. The molecule has 19 heavy (non-hydrogen) atoms. The molecule has 0 unspecified atom stereocenters. The summed E-state index contributed by atoms with van der Waals surface area (Å²) in [6.45, 7) is 6.27. The summed E-state index contributed by atoms with van der Waals surface area (Å²) < 4.78 is 0. The fourth-order valence-electron chi connectivity index (χ4n) is 1.44. The normalized spacial score (nSPS) is 10.0. The van der Waals surface area contributed by atoms with Crippen molar-refractivity contribution in [2.24, 2.45) is 0 Å². The number of carbonyl (C=O) groups is 1. The van der Waals surface area contributed by atoms with Gasteiger partial charge in [-0.1, -0.05) is 13.8 Å². The Kier molecular flexibility index (Phi) is 7.31. The summed E-state index contributed by atoms with van der Waals surface area (Å²) in [6, 6.07) is 1.79. The first-order chi connectivity index (χ1) is 9.26. The Labute approximate surface area is 114 Å². The van der Waals surface area contributed by atoms with Crippen LogP contribution in [0.3, 0.4) is 0 Å². The van der Waals surface area contributed by atoms with Gasteiger partial charge in [0.25, 0.3) is 0 Å². The van der Waals surface area contributed by atoms with Gasteiger partial charge in [0.15, 0.2) is 0 Å². The molecule has 0 atom stereocenters. The first kappa shape index (κ1) is 15.2. The second-order valence-corrected chi connectivity index (χ2v) is 4.22. The number of hydrogen-bond donors (Lipinski definition) is 3. The van der Waals surface area contributed by atoms with E-state index in [1.165, 1.54) is 0 Å². The van der Waals surface area contributed by atoms with Crippen molar-refractivity contribution >= 4 is 17.7 Å². The molecule has 0 fully saturated rings. The molecule has 1 amide bonds. The molecule has 0 radical (unpaired) electrons. The highest BCUT2D eigenvalue weighted by atomic mass is 16.1. The number of aromatic nitrogens is 2. The molecular weight excluding hydrogens is 242 g/mol. The molecule has 1 heterocycles. The highest BCUT2D eigenvalue weighted by Gasteiger charge is 2.01. The highest BCUT2D eigenvalue weighted by molar-refractivity contribution is 5.76. The van der Waals surface area contributed by atoms with Crippen LogP contribution in [0.25, 0.3) is 0 Å². The van der Waals surface area contributed by atoms with Crippen LogP contribution in [0.5, 0.6) is 0 Å². The third kappa shape index (κ3) is 6.59. The molecule has 0 aliphatic rings. The van der Waals surface area contributed by atoms with Crippen molar-refractivity contribution in [2.75, 3.05) is 30.3 Å². The highest BCUT2D eigenvalue weighted by Crippen LogP contribution is 2.05. The number of hydrogen-bond acceptors (Lipinski definition) is 5. The molecule has 1 aromatic heterocycles. The molecule has 0 aliphatic heterocycles. The van der Waals surface area contributed by atoms with Gasteiger partial charge in [-0.15, -0.1) is 0 Å². The number of rotatable bonds is 9. The number of carbonyl (C=O) groups excluding carboxylic acids is 1. The molecule has 0 saturated heterocycles. The van der Waals surface area contributed by atoms with Gasteiger partial charge in [-0.3, -0.25) is 4.79 Å². The van der Waals surface area contributed by atoms with Crippen LogP contribution in [0.1, 0.15) is 33.1 Å². The van der Waals surface area contributed by atoms with Crippen LogP contribution in [0, 0.1) is 0 Å². The van der Waals surface area contributed by atoms with Gasteiger partial charge in [0.2, 0.25) is 11.9 Å². The van der Waals surface area contributed by atoms with E-state index in [1.54, 1.807) is 12.3 Å². The Balaban J connectivity index is 2.30. The van der Waals surface area contributed by atoms with E-state index < -0.39 is 0 Å². The van der Waals surface area contributed by atoms with E-state index in [-0.39, 0.29) is 5.91 Å². The second-order valence-electron chi connectivity index (χ2n) is 4.22. The molecule has 0 aromatic carbocycles. The lowest BCUT2D eigenvalue weighted by atomic mass is 10.3. The van der Waals surface area contributed by atoms with Gasteiger partial charge in [-0.25, -0.2) is 4.98 Å². The van der Waals surface area contributed by atoms with Crippen molar-refractivity contribution in [3.63, 3.8) is 0 Å². The minimum absolute atomic E-state index is 0.0627. The molecular formula is C13H23N5O. The molecule has 3 N–H and O–H groups in total. The van der Waals surface area contributed by atoms with Gasteiger partial charge in [0.05, 0.1) is 0 Å². The Morgan fingerprint density at radius 2 is 1.95 bits per heavy atom. The van der Waals surface area contributed by atoms with Gasteiger partial charge < -0.3 is 16.0 Å². The molecule has 0 saturated carbocycles. The summed E-state index contributed by atoms with van der Waals surface area (Å²) in [5.74, 6) is 1.41. The Morgan fingerprint density at radius 1 is 1.16 bits per heavy atom. The summed E-state index contributed by atoms with van der Waals surface area (Å²) in [5.41, 5.74) is 0. The van der Waals surface area contributed by atoms with E-state index in [2.05, 4.69) is 32.8 Å². The van der Waals surface area contributed by atoms with Gasteiger partial charge >= 0.3 is 0 Å². The Bertz CT molecular complexity index is 383. The third-order valence-corrected chi connectivity index (χ3v) is 2.42. The van der Waals surface area contributed by atoms with Gasteiger partial charge in [0, 0.05) is 32.3 Å². The van der Waals surface area contributed by atoms with E-state index in [9.17, 15) is 4.79 Å². The maximum Gasteiger partial charge on any atom is 0.224 e. The average Bonchev–Trinajstić information content (AvgIpc) is 2.43. The van der Waals surface area contributed by atoms with E-state index in [0.717, 1.165) is 31.7 Å². The number of nitrogens with zero attached hydrogens (tertiary/aromatic N) is 2. The lowest BCUT2D eigenvalue weighted by Gasteiger charge is -2.08. The molecule has 1 aromatic rings. The van der Waals surface area contributed by atoms with Crippen LogP contribution >= 0.6 is 0 Å². The van der Waals surface area contributed by atoms with E-state index in [1.807, 2.05) is 6.92 Å². The zero-order valence-corrected chi connectivity index (χ0v) is 11.7. The first-order valence-corrected chi connectivity index (χ1v) is 6.83. The van der Waals surface area contributed by atoms with Crippen LogP contribution in [-0.4, -0.2) is 35.5 Å². The maximum atomic E-state index is 11.4.